The fourth-order valence-corrected chi connectivity index (χ4v) is 3.74. The monoisotopic (exact) mass is 389 g/mol. The Morgan fingerprint density at radius 1 is 1.15 bits per heavy atom. The molecule has 0 saturated heterocycles. The summed E-state index contributed by atoms with van der Waals surface area (Å²) in [5.74, 6) is -1.87. The highest BCUT2D eigenvalue weighted by Crippen LogP contribution is 2.23. The Balaban J connectivity index is 2.41. The largest absolute Gasteiger partial charge is 0.545 e. The Morgan fingerprint density at radius 3 is 2.44 bits per heavy atom. The van der Waals surface area contributed by atoms with Crippen molar-refractivity contribution in [2.24, 2.45) is 0 Å². The number of para-hydroxylation sites is 1. The van der Waals surface area contributed by atoms with Gasteiger partial charge in [-0.25, -0.2) is 8.42 Å². The van der Waals surface area contributed by atoms with Crippen molar-refractivity contribution in [2.45, 2.75) is 38.1 Å². The first-order chi connectivity index (χ1) is 12.7. The van der Waals surface area contributed by atoms with Crippen LogP contribution in [-0.4, -0.2) is 26.3 Å². The summed E-state index contributed by atoms with van der Waals surface area (Å²) in [6.07, 6.45) is 0.731. The Morgan fingerprint density at radius 2 is 1.81 bits per heavy atom. The van der Waals surface area contributed by atoms with Crippen LogP contribution in [0.25, 0.3) is 0 Å². The molecule has 0 aliphatic carbocycles. The smallest absolute Gasteiger partial charge is 0.262 e. The first-order valence-electron chi connectivity index (χ1n) is 8.40. The number of amides is 1. The molecule has 0 bridgehead atoms. The number of rotatable bonds is 7. The number of anilines is 1. The van der Waals surface area contributed by atoms with Gasteiger partial charge in [0.1, 0.15) is 0 Å². The third kappa shape index (κ3) is 4.85. The molecule has 2 N–H and O–H groups in total. The van der Waals surface area contributed by atoms with Crippen LogP contribution in [-0.2, 0) is 10.0 Å². The van der Waals surface area contributed by atoms with Crippen molar-refractivity contribution in [1.82, 2.24) is 5.32 Å². The molecule has 7 nitrogen and oxygen atoms in total. The molecule has 0 radical (unpaired) electrons. The zero-order chi connectivity index (χ0) is 20.2. The highest BCUT2D eigenvalue weighted by molar-refractivity contribution is 7.92. The lowest BCUT2D eigenvalue weighted by Crippen LogP contribution is -2.32. The summed E-state index contributed by atoms with van der Waals surface area (Å²) in [6.45, 7) is 5.32. The summed E-state index contributed by atoms with van der Waals surface area (Å²) in [4.78, 5) is 23.3. The third-order valence-electron chi connectivity index (χ3n) is 4.12. The van der Waals surface area contributed by atoms with E-state index in [-0.39, 0.29) is 27.8 Å². The van der Waals surface area contributed by atoms with Gasteiger partial charge in [0.05, 0.1) is 22.1 Å². The first kappa shape index (κ1) is 20.4. The minimum atomic E-state index is -4.11. The molecule has 0 aliphatic rings. The number of hydrogen-bond acceptors (Lipinski definition) is 5. The number of aryl methyl sites for hydroxylation is 1. The number of benzene rings is 2. The van der Waals surface area contributed by atoms with Crippen LogP contribution in [0.15, 0.2) is 47.4 Å². The van der Waals surface area contributed by atoms with Gasteiger partial charge in [-0.1, -0.05) is 31.2 Å². The molecule has 1 amide bonds. The molecule has 0 aromatic heterocycles. The lowest BCUT2D eigenvalue weighted by atomic mass is 10.1. The van der Waals surface area contributed by atoms with Gasteiger partial charge in [0, 0.05) is 6.04 Å². The van der Waals surface area contributed by atoms with Crippen LogP contribution in [0.1, 0.15) is 46.5 Å². The second-order valence-electron chi connectivity index (χ2n) is 6.20. The van der Waals surface area contributed by atoms with Crippen molar-refractivity contribution in [3.63, 3.8) is 0 Å². The summed E-state index contributed by atoms with van der Waals surface area (Å²) in [5, 5.41) is 13.8. The van der Waals surface area contributed by atoms with Crippen LogP contribution in [0.4, 0.5) is 5.69 Å². The van der Waals surface area contributed by atoms with Gasteiger partial charge in [-0.15, -0.1) is 0 Å². The predicted molar refractivity (Wildman–Crippen MR) is 100.0 cm³/mol. The second kappa shape index (κ2) is 8.22. The van der Waals surface area contributed by atoms with Gasteiger partial charge in [0.25, 0.3) is 15.9 Å². The fourth-order valence-electron chi connectivity index (χ4n) is 2.39. The fraction of sp³-hybridized carbons (Fsp3) is 0.263. The molecule has 0 saturated carbocycles. The molecule has 0 heterocycles. The van der Waals surface area contributed by atoms with Gasteiger partial charge in [-0.2, -0.15) is 0 Å². The molecule has 2 aromatic carbocycles. The lowest BCUT2D eigenvalue weighted by molar-refractivity contribution is -0.255. The standard InChI is InChI=1S/C19H22N2O5S/c1-4-13(3)20-18(22)15-7-5-6-8-16(15)21-27(25,26)17-11-14(19(23)24)10-9-12(17)2/h5-11,13,21H,4H2,1-3H3,(H,20,22)(H,23,24)/p-1/t13-/m0/s1. The van der Waals surface area contributed by atoms with Crippen LogP contribution >= 0.6 is 0 Å². The van der Waals surface area contributed by atoms with E-state index in [2.05, 4.69) is 10.0 Å². The third-order valence-corrected chi connectivity index (χ3v) is 5.63. The van der Waals surface area contributed by atoms with Gasteiger partial charge in [-0.3, -0.25) is 9.52 Å². The van der Waals surface area contributed by atoms with Gasteiger partial charge < -0.3 is 15.2 Å². The summed E-state index contributed by atoms with van der Waals surface area (Å²) in [7, 11) is -4.11. The Labute approximate surface area is 158 Å². The topological polar surface area (TPSA) is 115 Å². The van der Waals surface area contributed by atoms with Crippen molar-refractivity contribution in [3.8, 4) is 0 Å². The van der Waals surface area contributed by atoms with Crippen molar-refractivity contribution in [2.75, 3.05) is 4.72 Å². The molecule has 27 heavy (non-hydrogen) atoms. The summed E-state index contributed by atoms with van der Waals surface area (Å²) < 4.78 is 28.0. The van der Waals surface area contributed by atoms with E-state index in [0.29, 0.717) is 5.56 Å². The number of sulfonamides is 1. The van der Waals surface area contributed by atoms with Crippen molar-refractivity contribution >= 4 is 27.6 Å². The maximum Gasteiger partial charge on any atom is 0.262 e. The molecular weight excluding hydrogens is 368 g/mol. The number of carbonyl (C=O) groups excluding carboxylic acids is 2. The number of aromatic carboxylic acids is 1. The van der Waals surface area contributed by atoms with E-state index in [1.165, 1.54) is 24.3 Å². The van der Waals surface area contributed by atoms with E-state index in [1.807, 2.05) is 13.8 Å². The Kier molecular flexibility index (Phi) is 6.22. The van der Waals surface area contributed by atoms with Crippen molar-refractivity contribution in [1.29, 1.82) is 0 Å². The van der Waals surface area contributed by atoms with E-state index < -0.39 is 21.9 Å². The normalized spacial score (nSPS) is 12.3. The predicted octanol–water partition coefficient (Wildman–Crippen LogP) is 1.69. The lowest BCUT2D eigenvalue weighted by Gasteiger charge is -2.16. The zero-order valence-electron chi connectivity index (χ0n) is 15.3. The van der Waals surface area contributed by atoms with Crippen LogP contribution in [0.2, 0.25) is 0 Å². The van der Waals surface area contributed by atoms with E-state index in [9.17, 15) is 23.1 Å². The van der Waals surface area contributed by atoms with E-state index in [0.717, 1.165) is 12.5 Å². The van der Waals surface area contributed by atoms with Crippen LogP contribution < -0.4 is 15.1 Å². The molecule has 0 spiro atoms. The van der Waals surface area contributed by atoms with Crippen LogP contribution in [0, 0.1) is 6.92 Å². The Hall–Kier alpha value is -2.87. The maximum absolute atomic E-state index is 12.8. The minimum absolute atomic E-state index is 0.0656. The van der Waals surface area contributed by atoms with Gasteiger partial charge in [0.15, 0.2) is 0 Å². The number of nitrogens with one attached hydrogen (secondary N) is 2. The number of carboxylic acids is 1. The molecule has 8 heteroatoms. The average molecular weight is 389 g/mol. The SMILES string of the molecule is CC[C@H](C)NC(=O)c1ccccc1NS(=O)(=O)c1cc(C(=O)[O-])ccc1C. The highest BCUT2D eigenvalue weighted by Gasteiger charge is 2.21. The van der Waals surface area contributed by atoms with Crippen molar-refractivity contribution < 1.29 is 23.1 Å². The highest BCUT2D eigenvalue weighted by atomic mass is 32.2. The zero-order valence-corrected chi connectivity index (χ0v) is 16.1. The molecule has 0 fully saturated rings. The molecule has 144 valence electrons. The summed E-state index contributed by atoms with van der Waals surface area (Å²) in [5.41, 5.74) is 0.407. The maximum atomic E-state index is 12.8. The van der Waals surface area contributed by atoms with Crippen molar-refractivity contribution in [3.05, 3.63) is 59.2 Å². The molecule has 0 unspecified atom stereocenters. The number of hydrogen-bond donors (Lipinski definition) is 2. The molecule has 2 rings (SSSR count). The molecule has 1 atom stereocenters. The van der Waals surface area contributed by atoms with Gasteiger partial charge in [-0.05, 0) is 49.6 Å². The van der Waals surface area contributed by atoms with E-state index >= 15 is 0 Å². The Bertz CT molecular complexity index is 970. The van der Waals surface area contributed by atoms with Crippen LogP contribution in [0.5, 0.6) is 0 Å². The first-order valence-corrected chi connectivity index (χ1v) is 9.88. The minimum Gasteiger partial charge on any atom is -0.545 e. The average Bonchev–Trinajstić information content (AvgIpc) is 2.61. The summed E-state index contributed by atoms with van der Waals surface area (Å²) >= 11 is 0. The quantitative estimate of drug-likeness (QED) is 0.748. The van der Waals surface area contributed by atoms with Crippen LogP contribution in [0.3, 0.4) is 0 Å². The number of carboxylic acid groups (broad SMARTS) is 1. The summed E-state index contributed by atoms with van der Waals surface area (Å²) in [6, 6.07) is 9.85. The molecule has 2 aromatic rings. The molecular formula is C19H21N2O5S-. The van der Waals surface area contributed by atoms with Gasteiger partial charge in [0.2, 0.25) is 0 Å². The molecule has 0 aliphatic heterocycles. The second-order valence-corrected chi connectivity index (χ2v) is 7.85. The van der Waals surface area contributed by atoms with E-state index in [4.69, 9.17) is 0 Å². The number of carbonyl (C=O) groups is 2. The van der Waals surface area contributed by atoms with Gasteiger partial charge >= 0.3 is 0 Å². The van der Waals surface area contributed by atoms with E-state index in [1.54, 1.807) is 19.1 Å².